The molecule has 6 aromatic rings. The lowest BCUT2D eigenvalue weighted by molar-refractivity contribution is 0.750. The number of terminal acetylenes is 1. The van der Waals surface area contributed by atoms with Gasteiger partial charge in [0, 0.05) is 37.2 Å². The molecule has 0 saturated carbocycles. The number of nitrogens with zero attached hydrogens (tertiary/aromatic N) is 2. The normalized spacial score (nSPS) is 18.0. The molecule has 1 atom stereocenters. The minimum atomic E-state index is 0.161. The average molecular weight is 807 g/mol. The van der Waals surface area contributed by atoms with Crippen LogP contribution in [0, 0.1) is 18.3 Å². The van der Waals surface area contributed by atoms with Crippen molar-refractivity contribution in [2.75, 3.05) is 0 Å². The smallest absolute Gasteiger partial charge is 0.160 e. The van der Waals surface area contributed by atoms with Gasteiger partial charge < -0.3 is 0 Å². The van der Waals surface area contributed by atoms with Gasteiger partial charge in [-0.3, -0.25) is 0 Å². The second kappa shape index (κ2) is 18.6. The Morgan fingerprint density at radius 2 is 1.48 bits per heavy atom. The summed E-state index contributed by atoms with van der Waals surface area (Å²) in [6.45, 7) is 10.8. The first-order valence-electron chi connectivity index (χ1n) is 21.1. The van der Waals surface area contributed by atoms with E-state index >= 15 is 0 Å². The molecule has 2 heterocycles. The number of thiophene rings is 1. The van der Waals surface area contributed by atoms with E-state index in [-0.39, 0.29) is 5.92 Å². The molecule has 0 fully saturated rings. The van der Waals surface area contributed by atoms with Crippen LogP contribution in [0.25, 0.3) is 42.4 Å². The van der Waals surface area contributed by atoms with Crippen molar-refractivity contribution in [3.63, 3.8) is 0 Å². The van der Waals surface area contributed by atoms with Crippen LogP contribution < -0.4 is 0 Å². The molecule has 1 aliphatic carbocycles. The van der Waals surface area contributed by atoms with Crippen molar-refractivity contribution in [1.82, 2.24) is 0 Å². The molecule has 3 heteroatoms. The zero-order valence-corrected chi connectivity index (χ0v) is 36.4. The molecule has 61 heavy (non-hydrogen) atoms. The number of aliphatic imine (C=N–C) groups is 2. The molecule has 0 radical (unpaired) electrons. The molecular weight excluding hydrogens is 757 g/mol. The van der Waals surface area contributed by atoms with E-state index in [1.807, 2.05) is 13.0 Å². The predicted octanol–water partition coefficient (Wildman–Crippen LogP) is 15.7. The molecular formula is C58H50N2S. The van der Waals surface area contributed by atoms with Gasteiger partial charge in [-0.1, -0.05) is 159 Å². The first-order valence-corrected chi connectivity index (χ1v) is 21.9. The second-order valence-electron chi connectivity index (χ2n) is 15.8. The van der Waals surface area contributed by atoms with Gasteiger partial charge in [0.25, 0.3) is 0 Å². The van der Waals surface area contributed by atoms with Crippen LogP contribution in [0.3, 0.4) is 0 Å². The van der Waals surface area contributed by atoms with Crippen LogP contribution in [0.4, 0.5) is 0 Å². The molecule has 0 unspecified atom stereocenters. The summed E-state index contributed by atoms with van der Waals surface area (Å²) < 4.78 is 2.39. The Morgan fingerprint density at radius 1 is 0.754 bits per heavy atom. The number of hydrogen-bond acceptors (Lipinski definition) is 3. The first kappa shape index (κ1) is 40.9. The first-order chi connectivity index (χ1) is 29.8. The zero-order valence-electron chi connectivity index (χ0n) is 35.6. The number of fused-ring (bicyclic) bond motifs is 3. The number of allylic oxidation sites excluding steroid dienone is 14. The summed E-state index contributed by atoms with van der Waals surface area (Å²) in [5.41, 5.74) is 15.6. The Morgan fingerprint density at radius 3 is 2.25 bits per heavy atom. The van der Waals surface area contributed by atoms with E-state index in [4.69, 9.17) is 16.4 Å². The third kappa shape index (κ3) is 9.02. The Hall–Kier alpha value is -6.86. The van der Waals surface area contributed by atoms with Gasteiger partial charge in [0.15, 0.2) is 5.84 Å². The van der Waals surface area contributed by atoms with E-state index in [2.05, 4.69) is 204 Å². The highest BCUT2D eigenvalue weighted by Gasteiger charge is 2.23. The van der Waals surface area contributed by atoms with Crippen molar-refractivity contribution in [2.45, 2.75) is 47.5 Å². The maximum absolute atomic E-state index is 6.20. The van der Waals surface area contributed by atoms with Gasteiger partial charge in [0.2, 0.25) is 0 Å². The fraction of sp³-hybridized carbons (Fsp3) is 0.138. The fourth-order valence-corrected chi connectivity index (χ4v) is 9.27. The molecule has 1 aliphatic heterocycles. The highest BCUT2D eigenvalue weighted by molar-refractivity contribution is 7.25. The lowest BCUT2D eigenvalue weighted by atomic mass is 9.89. The van der Waals surface area contributed by atoms with Crippen LogP contribution in [0.5, 0.6) is 0 Å². The van der Waals surface area contributed by atoms with E-state index in [0.29, 0.717) is 5.84 Å². The van der Waals surface area contributed by atoms with E-state index in [0.717, 1.165) is 62.9 Å². The Balaban J connectivity index is 1.24. The lowest BCUT2D eigenvalue weighted by Gasteiger charge is -2.22. The molecule has 2 aliphatic rings. The highest BCUT2D eigenvalue weighted by Crippen LogP contribution is 2.40. The van der Waals surface area contributed by atoms with Gasteiger partial charge in [-0.05, 0) is 127 Å². The monoisotopic (exact) mass is 806 g/mol. The van der Waals surface area contributed by atoms with Crippen molar-refractivity contribution in [3.8, 4) is 23.5 Å². The summed E-state index contributed by atoms with van der Waals surface area (Å²) in [6, 6.07) is 43.2. The van der Waals surface area contributed by atoms with Crippen molar-refractivity contribution in [3.05, 3.63) is 226 Å². The summed E-state index contributed by atoms with van der Waals surface area (Å²) in [5.74, 6) is 3.85. The molecule has 298 valence electrons. The van der Waals surface area contributed by atoms with Gasteiger partial charge in [0.05, 0.1) is 11.4 Å². The maximum atomic E-state index is 6.20. The van der Waals surface area contributed by atoms with Crippen LogP contribution in [0.2, 0.25) is 0 Å². The quantitative estimate of drug-likeness (QED) is 0.103. The van der Waals surface area contributed by atoms with Crippen LogP contribution in [0.1, 0.15) is 69.7 Å². The third-order valence-electron chi connectivity index (χ3n) is 11.6. The summed E-state index contributed by atoms with van der Waals surface area (Å²) in [5, 5.41) is 2.29. The molecule has 0 spiro atoms. The molecule has 0 saturated heterocycles. The second-order valence-corrected chi connectivity index (χ2v) is 16.9. The van der Waals surface area contributed by atoms with Gasteiger partial charge >= 0.3 is 0 Å². The molecule has 1 aromatic heterocycles. The van der Waals surface area contributed by atoms with Crippen molar-refractivity contribution >= 4 is 54.2 Å². The average Bonchev–Trinajstić information content (AvgIpc) is 3.49. The zero-order chi connectivity index (χ0) is 42.3. The van der Waals surface area contributed by atoms with Crippen LogP contribution >= 0.6 is 11.3 Å². The topological polar surface area (TPSA) is 24.7 Å². The molecule has 0 N–H and O–H groups in total. The Labute approximate surface area is 365 Å². The van der Waals surface area contributed by atoms with Gasteiger partial charge in [0.1, 0.15) is 0 Å². The molecule has 8 rings (SSSR count). The molecule has 0 amide bonds. The van der Waals surface area contributed by atoms with E-state index in [1.165, 1.54) is 48.4 Å². The van der Waals surface area contributed by atoms with Crippen LogP contribution in [0.15, 0.2) is 214 Å². The lowest BCUT2D eigenvalue weighted by Crippen LogP contribution is -2.18. The summed E-state index contributed by atoms with van der Waals surface area (Å²) in [6.07, 6.45) is 27.2. The summed E-state index contributed by atoms with van der Waals surface area (Å²) in [4.78, 5) is 11.2. The van der Waals surface area contributed by atoms with Crippen molar-refractivity contribution < 1.29 is 0 Å². The number of benzene rings is 5. The standard InChI is InChI=1S/C58H50N2S/c1-7-9-19-39(3)40(4)30-31-43(8-2)50-34-35-53-52(38-50)55-51(28-18-29-54(55)61-53)58-59-56(46-22-14-11-15-23-46)41(5)36-42(6)57(60-58)47-25-16-24-45(32-33-47)49-27-17-26-48(37-49)44-20-12-10-13-21-44/h2,7,9-31,33-35,37-38,41H,32,36H2,1,3-6H3/b9-7-,39-19+,40-30+,43-31+,57-42-,59-56?,60-58?/t41-/m1/s1. The maximum Gasteiger partial charge on any atom is 0.160 e. The van der Waals surface area contributed by atoms with E-state index in [9.17, 15) is 0 Å². The summed E-state index contributed by atoms with van der Waals surface area (Å²) >= 11 is 1.79. The third-order valence-corrected chi connectivity index (χ3v) is 12.7. The predicted molar refractivity (Wildman–Crippen MR) is 266 cm³/mol. The number of amidine groups is 1. The largest absolute Gasteiger partial charge is 0.232 e. The van der Waals surface area contributed by atoms with Gasteiger partial charge in [-0.15, -0.1) is 17.8 Å². The van der Waals surface area contributed by atoms with E-state index < -0.39 is 0 Å². The fourth-order valence-electron chi connectivity index (χ4n) is 8.16. The highest BCUT2D eigenvalue weighted by atomic mass is 32.1. The molecule has 5 aromatic carbocycles. The molecule has 2 nitrogen and oxygen atoms in total. The Kier molecular flexibility index (Phi) is 12.5. The van der Waals surface area contributed by atoms with Crippen molar-refractivity contribution in [2.24, 2.45) is 15.9 Å². The minimum Gasteiger partial charge on any atom is -0.232 e. The number of hydrogen-bond donors (Lipinski definition) is 0. The van der Waals surface area contributed by atoms with E-state index in [1.54, 1.807) is 11.3 Å². The Bertz CT molecular complexity index is 3000. The van der Waals surface area contributed by atoms with Crippen molar-refractivity contribution in [1.29, 1.82) is 0 Å². The minimum absolute atomic E-state index is 0.161. The SMILES string of the molecule is C#C\C(=C/C=C(C)/C(C)=C/C=C\C)c1ccc2sc3cccc(C4=N/C(C5=CCC(c6cccc(-c7ccccc7)c6)=CC=C5)=C(/C)C[C@@H](C)C(c5ccccc5)=N4)c3c2c1. The summed E-state index contributed by atoms with van der Waals surface area (Å²) in [7, 11) is 0. The van der Waals surface area contributed by atoms with Gasteiger partial charge in [-0.2, -0.15) is 0 Å². The van der Waals surface area contributed by atoms with Gasteiger partial charge in [-0.25, -0.2) is 9.98 Å². The van der Waals surface area contributed by atoms with Crippen LogP contribution in [-0.2, 0) is 0 Å². The molecule has 0 bridgehead atoms. The number of rotatable bonds is 9. The van der Waals surface area contributed by atoms with Crippen LogP contribution in [-0.4, -0.2) is 11.5 Å².